The Kier molecular flexibility index (Phi) is 4.41. The van der Waals surface area contributed by atoms with Gasteiger partial charge in [0.2, 0.25) is 3.79 Å². The summed E-state index contributed by atoms with van der Waals surface area (Å²) in [7, 11) is -0.928. The number of halogens is 3. The van der Waals surface area contributed by atoms with E-state index in [1.165, 1.54) is 0 Å². The van der Waals surface area contributed by atoms with E-state index in [9.17, 15) is 4.21 Å². The Morgan fingerprint density at radius 1 is 1.40 bits per heavy atom. The first-order valence-corrected chi connectivity index (χ1v) is 6.93. The molecule has 0 bridgehead atoms. The highest BCUT2D eigenvalue weighted by Gasteiger charge is 2.24. The summed E-state index contributed by atoms with van der Waals surface area (Å²) in [5.74, 6) is 0. The van der Waals surface area contributed by atoms with Crippen molar-refractivity contribution in [2.45, 2.75) is 16.0 Å². The van der Waals surface area contributed by atoms with E-state index in [2.05, 4.69) is 4.98 Å². The van der Waals surface area contributed by atoms with Gasteiger partial charge in [-0.05, 0) is 18.6 Å². The zero-order chi connectivity index (χ0) is 11.6. The SMILES string of the molecule is CC(c1ccc(C(Cl)(Cl)Cl)nc1)S(C)=O. The maximum absolute atomic E-state index is 11.2. The fourth-order valence-corrected chi connectivity index (χ4v) is 1.86. The first kappa shape index (κ1) is 13.2. The van der Waals surface area contributed by atoms with Gasteiger partial charge in [0.1, 0.15) is 0 Å². The number of rotatable bonds is 2. The molecule has 1 aromatic heterocycles. The van der Waals surface area contributed by atoms with Crippen LogP contribution >= 0.6 is 34.8 Å². The second kappa shape index (κ2) is 5.00. The minimum atomic E-state index is -1.51. The summed E-state index contributed by atoms with van der Waals surface area (Å²) in [5, 5.41) is -0.0677. The molecular formula is C9H10Cl3NOS. The average Bonchev–Trinajstić information content (AvgIpc) is 2.15. The van der Waals surface area contributed by atoms with E-state index in [-0.39, 0.29) is 5.25 Å². The van der Waals surface area contributed by atoms with Gasteiger partial charge in [-0.25, -0.2) is 0 Å². The van der Waals surface area contributed by atoms with Crippen molar-refractivity contribution in [2.24, 2.45) is 0 Å². The van der Waals surface area contributed by atoms with Crippen LogP contribution in [0.25, 0.3) is 0 Å². The van der Waals surface area contributed by atoms with Gasteiger partial charge in [0.05, 0.1) is 10.9 Å². The third kappa shape index (κ3) is 3.59. The summed E-state index contributed by atoms with van der Waals surface area (Å²) in [6.07, 6.45) is 3.23. The first-order chi connectivity index (χ1) is 6.82. The molecule has 0 aliphatic carbocycles. The Labute approximate surface area is 106 Å². The van der Waals surface area contributed by atoms with Crippen LogP contribution in [0.15, 0.2) is 18.3 Å². The van der Waals surface area contributed by atoms with Crippen molar-refractivity contribution >= 4 is 45.6 Å². The van der Waals surface area contributed by atoms with Gasteiger partial charge in [0, 0.05) is 23.3 Å². The number of alkyl halides is 3. The van der Waals surface area contributed by atoms with Crippen molar-refractivity contribution in [1.82, 2.24) is 4.98 Å². The number of aromatic nitrogens is 1. The molecule has 0 saturated carbocycles. The van der Waals surface area contributed by atoms with Gasteiger partial charge >= 0.3 is 0 Å². The third-order valence-corrected chi connectivity index (χ3v) is 3.89. The van der Waals surface area contributed by atoms with Crippen LogP contribution in [0, 0.1) is 0 Å². The third-order valence-electron chi connectivity index (χ3n) is 2.04. The van der Waals surface area contributed by atoms with Crippen LogP contribution in [0.2, 0.25) is 0 Å². The molecular weight excluding hydrogens is 277 g/mol. The molecule has 0 saturated heterocycles. The molecule has 0 fully saturated rings. The zero-order valence-corrected chi connectivity index (χ0v) is 11.3. The molecule has 1 heterocycles. The van der Waals surface area contributed by atoms with Crippen molar-refractivity contribution in [3.05, 3.63) is 29.6 Å². The van der Waals surface area contributed by atoms with E-state index in [1.54, 1.807) is 24.6 Å². The second-order valence-corrected chi connectivity index (χ2v) is 7.10. The smallest absolute Gasteiger partial charge is 0.232 e. The van der Waals surface area contributed by atoms with Gasteiger partial charge in [-0.15, -0.1) is 0 Å². The van der Waals surface area contributed by atoms with Crippen molar-refractivity contribution in [3.63, 3.8) is 0 Å². The number of hydrogen-bond acceptors (Lipinski definition) is 2. The lowest BCUT2D eigenvalue weighted by atomic mass is 10.2. The lowest BCUT2D eigenvalue weighted by Gasteiger charge is -2.12. The van der Waals surface area contributed by atoms with Gasteiger partial charge in [-0.2, -0.15) is 0 Å². The number of nitrogens with zero attached hydrogens (tertiary/aromatic N) is 1. The summed E-state index contributed by atoms with van der Waals surface area (Å²) in [6.45, 7) is 1.86. The summed E-state index contributed by atoms with van der Waals surface area (Å²) in [5.41, 5.74) is 1.24. The molecule has 0 radical (unpaired) electrons. The average molecular weight is 287 g/mol. The van der Waals surface area contributed by atoms with Gasteiger partial charge in [-0.1, -0.05) is 40.9 Å². The summed E-state index contributed by atoms with van der Waals surface area (Å²) in [4.78, 5) is 4.02. The standard InChI is InChI=1S/C9H10Cl3NOS/c1-6(15(2)14)7-3-4-8(13-5-7)9(10,11)12/h3-6H,1-2H3. The van der Waals surface area contributed by atoms with E-state index in [0.29, 0.717) is 5.69 Å². The second-order valence-electron chi connectivity index (χ2n) is 3.12. The quantitative estimate of drug-likeness (QED) is 0.781. The summed E-state index contributed by atoms with van der Waals surface area (Å²) < 4.78 is 9.72. The molecule has 1 rings (SSSR count). The van der Waals surface area contributed by atoms with E-state index in [1.807, 2.05) is 6.92 Å². The lowest BCUT2D eigenvalue weighted by Crippen LogP contribution is -2.06. The van der Waals surface area contributed by atoms with E-state index in [0.717, 1.165) is 5.56 Å². The molecule has 0 spiro atoms. The zero-order valence-electron chi connectivity index (χ0n) is 8.21. The lowest BCUT2D eigenvalue weighted by molar-refractivity contribution is 0.679. The molecule has 0 amide bonds. The predicted octanol–water partition coefficient (Wildman–Crippen LogP) is 3.35. The maximum atomic E-state index is 11.2. The Morgan fingerprint density at radius 3 is 2.33 bits per heavy atom. The van der Waals surface area contributed by atoms with Crippen LogP contribution in [0.3, 0.4) is 0 Å². The molecule has 84 valence electrons. The maximum Gasteiger partial charge on any atom is 0.232 e. The molecule has 0 aliphatic heterocycles. The molecule has 1 aromatic rings. The van der Waals surface area contributed by atoms with Crippen LogP contribution < -0.4 is 0 Å². The highest BCUT2D eigenvalue weighted by atomic mass is 35.6. The van der Waals surface area contributed by atoms with Crippen molar-refractivity contribution in [1.29, 1.82) is 0 Å². The fourth-order valence-electron chi connectivity index (χ4n) is 1.01. The van der Waals surface area contributed by atoms with Crippen LogP contribution in [0.4, 0.5) is 0 Å². The fraction of sp³-hybridized carbons (Fsp3) is 0.444. The van der Waals surface area contributed by atoms with E-state index < -0.39 is 14.6 Å². The minimum absolute atomic E-state index is 0.0677. The molecule has 0 N–H and O–H groups in total. The Hall–Kier alpha value is 0.170. The van der Waals surface area contributed by atoms with Gasteiger partial charge < -0.3 is 0 Å². The number of pyridine rings is 1. The molecule has 2 unspecified atom stereocenters. The van der Waals surface area contributed by atoms with Gasteiger partial charge in [-0.3, -0.25) is 9.19 Å². The van der Waals surface area contributed by atoms with Gasteiger partial charge in [0.25, 0.3) is 0 Å². The molecule has 6 heteroatoms. The van der Waals surface area contributed by atoms with Crippen LogP contribution in [-0.4, -0.2) is 15.4 Å². The molecule has 0 aliphatic rings. The Morgan fingerprint density at radius 2 is 2.00 bits per heavy atom. The topological polar surface area (TPSA) is 30.0 Å². The van der Waals surface area contributed by atoms with Crippen LogP contribution in [-0.2, 0) is 14.6 Å². The van der Waals surface area contributed by atoms with Crippen molar-refractivity contribution < 1.29 is 4.21 Å². The predicted molar refractivity (Wildman–Crippen MR) is 66.0 cm³/mol. The highest BCUT2D eigenvalue weighted by Crippen LogP contribution is 2.37. The Balaban J connectivity index is 2.95. The van der Waals surface area contributed by atoms with Crippen LogP contribution in [0.5, 0.6) is 0 Å². The van der Waals surface area contributed by atoms with Crippen molar-refractivity contribution in [3.8, 4) is 0 Å². The largest absolute Gasteiger partial charge is 0.259 e. The molecule has 15 heavy (non-hydrogen) atoms. The Bertz CT molecular complexity index is 361. The summed E-state index contributed by atoms with van der Waals surface area (Å²) in [6, 6.07) is 3.40. The molecule has 0 aromatic carbocycles. The van der Waals surface area contributed by atoms with E-state index >= 15 is 0 Å². The van der Waals surface area contributed by atoms with Gasteiger partial charge in [0.15, 0.2) is 0 Å². The highest BCUT2D eigenvalue weighted by molar-refractivity contribution is 7.84. The van der Waals surface area contributed by atoms with E-state index in [4.69, 9.17) is 34.8 Å². The molecule has 2 nitrogen and oxygen atoms in total. The minimum Gasteiger partial charge on any atom is -0.259 e. The first-order valence-electron chi connectivity index (χ1n) is 4.17. The number of hydrogen-bond donors (Lipinski definition) is 0. The summed E-state index contributed by atoms with van der Waals surface area (Å²) >= 11 is 17.0. The molecule has 2 atom stereocenters. The van der Waals surface area contributed by atoms with Crippen molar-refractivity contribution in [2.75, 3.05) is 6.26 Å². The van der Waals surface area contributed by atoms with Crippen LogP contribution in [0.1, 0.15) is 23.4 Å². The monoisotopic (exact) mass is 285 g/mol. The normalized spacial score (nSPS) is 16.1.